The monoisotopic (exact) mass is 312 g/mol. The Morgan fingerprint density at radius 3 is 2.59 bits per heavy atom. The van der Waals surface area contributed by atoms with Crippen molar-refractivity contribution in [3.8, 4) is 0 Å². The van der Waals surface area contributed by atoms with Crippen molar-refractivity contribution in [1.29, 1.82) is 0 Å². The van der Waals surface area contributed by atoms with Crippen LogP contribution in [-0.2, 0) is 14.3 Å². The number of hydrogen-bond acceptors (Lipinski definition) is 4. The van der Waals surface area contributed by atoms with Gasteiger partial charge in [-0.1, -0.05) is 6.92 Å². The molecule has 1 unspecified atom stereocenters. The summed E-state index contributed by atoms with van der Waals surface area (Å²) in [5.41, 5.74) is 0.414. The van der Waals surface area contributed by atoms with Crippen LogP contribution >= 0.6 is 0 Å². The van der Waals surface area contributed by atoms with Gasteiger partial charge in [-0.05, 0) is 20.3 Å². The molecule has 1 N–H and O–H groups in total. The molecule has 120 valence electrons. The number of esters is 1. The first-order valence-electron chi connectivity index (χ1n) is 7.10. The summed E-state index contributed by atoms with van der Waals surface area (Å²) in [6.07, 6.45) is -0.0283. The number of rotatable bonds is 4. The molecule has 0 fully saturated rings. The molecule has 22 heavy (non-hydrogen) atoms. The highest BCUT2D eigenvalue weighted by Crippen LogP contribution is 2.34. The standard InChI is InChI=1S/C15H18F2N2O3/c1-4-12(15(21)22-8(2)3)19-13-6-10(17)9(16)5-11(13)18-7-14(19)20/h5-6,8,12,18H,4,7H2,1-3H3. The van der Waals surface area contributed by atoms with Crippen molar-refractivity contribution in [3.63, 3.8) is 0 Å². The Hall–Kier alpha value is -2.18. The predicted molar refractivity (Wildman–Crippen MR) is 77.6 cm³/mol. The molecule has 1 aliphatic rings. The van der Waals surface area contributed by atoms with Gasteiger partial charge in [-0.3, -0.25) is 9.69 Å². The Labute approximate surface area is 127 Å². The molecule has 0 spiro atoms. The zero-order valence-corrected chi connectivity index (χ0v) is 12.7. The number of nitrogens with zero attached hydrogens (tertiary/aromatic N) is 1. The lowest BCUT2D eigenvalue weighted by Crippen LogP contribution is -2.50. The fraction of sp³-hybridized carbons (Fsp3) is 0.467. The topological polar surface area (TPSA) is 58.6 Å². The van der Waals surface area contributed by atoms with E-state index in [2.05, 4.69) is 5.32 Å². The largest absolute Gasteiger partial charge is 0.461 e. The van der Waals surface area contributed by atoms with Gasteiger partial charge >= 0.3 is 5.97 Å². The summed E-state index contributed by atoms with van der Waals surface area (Å²) in [6, 6.07) is 1.02. The average Bonchev–Trinajstić information content (AvgIpc) is 2.43. The fourth-order valence-electron chi connectivity index (χ4n) is 2.37. The third-order valence-electron chi connectivity index (χ3n) is 3.32. The number of amides is 1. The Kier molecular flexibility index (Phi) is 4.63. The van der Waals surface area contributed by atoms with Crippen molar-refractivity contribution >= 4 is 23.3 Å². The van der Waals surface area contributed by atoms with E-state index in [4.69, 9.17) is 4.74 Å². The van der Waals surface area contributed by atoms with Crippen LogP contribution < -0.4 is 10.2 Å². The van der Waals surface area contributed by atoms with Crippen LogP contribution in [0.4, 0.5) is 20.2 Å². The molecule has 1 aromatic carbocycles. The first kappa shape index (κ1) is 16.2. The number of carbonyl (C=O) groups excluding carboxylic acids is 2. The van der Waals surface area contributed by atoms with E-state index in [-0.39, 0.29) is 24.0 Å². The molecule has 1 amide bonds. The molecule has 0 radical (unpaired) electrons. The van der Waals surface area contributed by atoms with Gasteiger partial charge in [-0.2, -0.15) is 0 Å². The van der Waals surface area contributed by atoms with Gasteiger partial charge in [0, 0.05) is 12.1 Å². The van der Waals surface area contributed by atoms with E-state index in [1.54, 1.807) is 20.8 Å². The van der Waals surface area contributed by atoms with Crippen molar-refractivity contribution in [2.45, 2.75) is 39.3 Å². The molecule has 2 rings (SSSR count). The number of benzene rings is 1. The number of nitrogens with one attached hydrogen (secondary N) is 1. The molecule has 1 aromatic rings. The van der Waals surface area contributed by atoms with E-state index in [9.17, 15) is 18.4 Å². The smallest absolute Gasteiger partial charge is 0.329 e. The lowest BCUT2D eigenvalue weighted by atomic mass is 10.1. The Bertz CT molecular complexity index is 605. The van der Waals surface area contributed by atoms with Gasteiger partial charge in [-0.25, -0.2) is 13.6 Å². The molecular weight excluding hydrogens is 294 g/mol. The van der Waals surface area contributed by atoms with E-state index in [0.29, 0.717) is 6.42 Å². The van der Waals surface area contributed by atoms with Gasteiger partial charge in [0.15, 0.2) is 11.6 Å². The normalized spacial score (nSPS) is 15.4. The van der Waals surface area contributed by atoms with Crippen LogP contribution in [0.25, 0.3) is 0 Å². The second-order valence-electron chi connectivity index (χ2n) is 5.31. The highest BCUT2D eigenvalue weighted by molar-refractivity contribution is 6.06. The summed E-state index contributed by atoms with van der Waals surface area (Å²) in [6.45, 7) is 5.03. The second kappa shape index (κ2) is 6.29. The van der Waals surface area contributed by atoms with Crippen molar-refractivity contribution < 1.29 is 23.1 Å². The summed E-state index contributed by atoms with van der Waals surface area (Å²) >= 11 is 0. The quantitative estimate of drug-likeness (QED) is 0.868. The van der Waals surface area contributed by atoms with Gasteiger partial charge in [-0.15, -0.1) is 0 Å². The highest BCUT2D eigenvalue weighted by Gasteiger charge is 2.35. The molecule has 0 bridgehead atoms. The lowest BCUT2D eigenvalue weighted by molar-refractivity contribution is -0.150. The molecule has 1 aliphatic heterocycles. The third-order valence-corrected chi connectivity index (χ3v) is 3.32. The number of halogens is 2. The van der Waals surface area contributed by atoms with Gasteiger partial charge in [0.1, 0.15) is 6.04 Å². The predicted octanol–water partition coefficient (Wildman–Crippen LogP) is 2.45. The third kappa shape index (κ3) is 3.03. The number of ether oxygens (including phenoxy) is 1. The van der Waals surface area contributed by atoms with Gasteiger partial charge in [0.05, 0.1) is 24.0 Å². The summed E-state index contributed by atoms with van der Waals surface area (Å²) < 4.78 is 32.0. The van der Waals surface area contributed by atoms with Crippen LogP contribution in [0, 0.1) is 11.6 Å². The van der Waals surface area contributed by atoms with Crippen LogP contribution in [-0.4, -0.2) is 30.6 Å². The lowest BCUT2D eigenvalue weighted by Gasteiger charge is -2.35. The summed E-state index contributed by atoms with van der Waals surface area (Å²) in [5, 5.41) is 2.72. The Morgan fingerprint density at radius 2 is 2.00 bits per heavy atom. The molecule has 1 heterocycles. The summed E-state index contributed by atoms with van der Waals surface area (Å²) in [5.74, 6) is -3.06. The first-order valence-corrected chi connectivity index (χ1v) is 7.10. The van der Waals surface area contributed by atoms with Crippen LogP contribution in [0.2, 0.25) is 0 Å². The molecule has 0 aromatic heterocycles. The fourth-order valence-corrected chi connectivity index (χ4v) is 2.37. The molecule has 0 saturated heterocycles. The number of hydrogen-bond donors (Lipinski definition) is 1. The van der Waals surface area contributed by atoms with E-state index < -0.39 is 29.6 Å². The maximum atomic E-state index is 13.5. The maximum absolute atomic E-state index is 13.5. The van der Waals surface area contributed by atoms with Gasteiger partial charge in [0.2, 0.25) is 5.91 Å². The zero-order valence-electron chi connectivity index (χ0n) is 12.7. The van der Waals surface area contributed by atoms with Crippen molar-refractivity contribution in [1.82, 2.24) is 0 Å². The summed E-state index contributed by atoms with van der Waals surface area (Å²) in [7, 11) is 0. The SMILES string of the molecule is CCC(C(=O)OC(C)C)N1C(=O)CNc2cc(F)c(F)cc21. The first-order chi connectivity index (χ1) is 10.3. The Morgan fingerprint density at radius 1 is 1.36 bits per heavy atom. The van der Waals surface area contributed by atoms with E-state index in [1.807, 2.05) is 0 Å². The Balaban J connectivity index is 2.43. The van der Waals surface area contributed by atoms with Crippen LogP contribution in [0.1, 0.15) is 27.2 Å². The van der Waals surface area contributed by atoms with Crippen molar-refractivity contribution in [2.75, 3.05) is 16.8 Å². The second-order valence-corrected chi connectivity index (χ2v) is 5.31. The summed E-state index contributed by atoms with van der Waals surface area (Å²) in [4.78, 5) is 25.5. The molecule has 7 heteroatoms. The minimum atomic E-state index is -1.08. The van der Waals surface area contributed by atoms with Gasteiger partial charge < -0.3 is 10.1 Å². The number of fused-ring (bicyclic) bond motifs is 1. The van der Waals surface area contributed by atoms with Crippen LogP contribution in [0.5, 0.6) is 0 Å². The average molecular weight is 312 g/mol. The maximum Gasteiger partial charge on any atom is 0.329 e. The molecular formula is C15H18F2N2O3. The van der Waals surface area contributed by atoms with E-state index in [0.717, 1.165) is 12.1 Å². The highest BCUT2D eigenvalue weighted by atomic mass is 19.2. The number of carbonyl (C=O) groups is 2. The van der Waals surface area contributed by atoms with E-state index >= 15 is 0 Å². The van der Waals surface area contributed by atoms with E-state index in [1.165, 1.54) is 4.90 Å². The van der Waals surface area contributed by atoms with Crippen LogP contribution in [0.15, 0.2) is 12.1 Å². The van der Waals surface area contributed by atoms with Crippen molar-refractivity contribution in [3.05, 3.63) is 23.8 Å². The molecule has 1 atom stereocenters. The minimum Gasteiger partial charge on any atom is -0.461 e. The zero-order chi connectivity index (χ0) is 16.4. The molecule has 5 nitrogen and oxygen atoms in total. The number of anilines is 2. The van der Waals surface area contributed by atoms with Crippen molar-refractivity contribution in [2.24, 2.45) is 0 Å². The minimum absolute atomic E-state index is 0.0937. The molecule has 0 saturated carbocycles. The molecule has 0 aliphatic carbocycles. The van der Waals surface area contributed by atoms with Crippen LogP contribution in [0.3, 0.4) is 0 Å². The van der Waals surface area contributed by atoms with Gasteiger partial charge in [0.25, 0.3) is 0 Å².